The molecular formula is C4H3BrF6O. The monoisotopic (exact) mass is 260 g/mol. The standard InChI is InChI=1S/C4H3BrF6O/c5-2(6)4(10,11)12-1-3(7,8)9/h2H,1H2. The predicted octanol–water partition coefficient (Wildman–Crippen LogP) is 2.85. The Morgan fingerprint density at radius 1 is 1.17 bits per heavy atom. The molecular weight excluding hydrogens is 258 g/mol. The molecule has 0 bridgehead atoms. The largest absolute Gasteiger partial charge is 0.412 e. The van der Waals surface area contributed by atoms with E-state index in [1.54, 1.807) is 15.9 Å². The van der Waals surface area contributed by atoms with Gasteiger partial charge in [0.05, 0.1) is 0 Å². The van der Waals surface area contributed by atoms with Gasteiger partial charge in [-0.3, -0.25) is 0 Å². The van der Waals surface area contributed by atoms with Gasteiger partial charge >= 0.3 is 12.3 Å². The first-order chi connectivity index (χ1) is 5.15. The van der Waals surface area contributed by atoms with Gasteiger partial charge in [-0.15, -0.1) is 0 Å². The Labute approximate surface area is 71.8 Å². The summed E-state index contributed by atoms with van der Waals surface area (Å²) in [6.07, 6.45) is -9.36. The molecule has 0 aromatic heterocycles. The van der Waals surface area contributed by atoms with Crippen LogP contribution in [0.1, 0.15) is 0 Å². The highest BCUT2D eigenvalue weighted by Gasteiger charge is 2.43. The third kappa shape index (κ3) is 4.81. The number of halogens is 7. The molecule has 0 aliphatic rings. The average Bonchev–Trinajstić information content (AvgIpc) is 1.82. The number of ether oxygens (including phenoxy) is 1. The Hall–Kier alpha value is 0.0200. The maximum Gasteiger partial charge on any atom is 0.412 e. The molecule has 0 aliphatic heterocycles. The van der Waals surface area contributed by atoms with Gasteiger partial charge in [-0.2, -0.15) is 22.0 Å². The van der Waals surface area contributed by atoms with Gasteiger partial charge in [0.15, 0.2) is 0 Å². The van der Waals surface area contributed by atoms with Gasteiger partial charge in [0.25, 0.3) is 0 Å². The fraction of sp³-hybridized carbons (Fsp3) is 1.00. The summed E-state index contributed by atoms with van der Waals surface area (Å²) in [6.45, 7) is -2.19. The molecule has 0 aromatic carbocycles. The average molecular weight is 261 g/mol. The first-order valence-corrected chi connectivity index (χ1v) is 3.43. The van der Waals surface area contributed by atoms with Crippen molar-refractivity contribution in [3.05, 3.63) is 0 Å². The summed E-state index contributed by atoms with van der Waals surface area (Å²) in [6, 6.07) is 0. The van der Waals surface area contributed by atoms with Crippen molar-refractivity contribution in [1.82, 2.24) is 0 Å². The highest BCUT2D eigenvalue weighted by Crippen LogP contribution is 2.29. The molecule has 12 heavy (non-hydrogen) atoms. The van der Waals surface area contributed by atoms with E-state index in [4.69, 9.17) is 0 Å². The Morgan fingerprint density at radius 2 is 1.58 bits per heavy atom. The van der Waals surface area contributed by atoms with E-state index in [-0.39, 0.29) is 0 Å². The highest BCUT2D eigenvalue weighted by atomic mass is 79.9. The number of alkyl halides is 7. The number of hydrogen-bond acceptors (Lipinski definition) is 1. The fourth-order valence-corrected chi connectivity index (χ4v) is 0.373. The van der Waals surface area contributed by atoms with E-state index >= 15 is 0 Å². The summed E-state index contributed by atoms with van der Waals surface area (Å²) < 4.78 is 72.3. The lowest BCUT2D eigenvalue weighted by atomic mass is 10.6. The minimum absolute atomic E-state index is 1.75. The van der Waals surface area contributed by atoms with Crippen LogP contribution in [-0.4, -0.2) is 24.0 Å². The molecule has 0 saturated heterocycles. The third-order valence-electron chi connectivity index (χ3n) is 0.682. The van der Waals surface area contributed by atoms with Crippen LogP contribution in [0.2, 0.25) is 0 Å². The zero-order chi connectivity index (χ0) is 9.99. The van der Waals surface area contributed by atoms with Crippen molar-refractivity contribution in [1.29, 1.82) is 0 Å². The molecule has 0 rings (SSSR count). The van der Waals surface area contributed by atoms with E-state index in [0.717, 1.165) is 0 Å². The lowest BCUT2D eigenvalue weighted by Crippen LogP contribution is -2.33. The van der Waals surface area contributed by atoms with Crippen molar-refractivity contribution in [3.8, 4) is 0 Å². The van der Waals surface area contributed by atoms with Crippen molar-refractivity contribution in [3.63, 3.8) is 0 Å². The molecule has 1 nitrogen and oxygen atoms in total. The highest BCUT2D eigenvalue weighted by molar-refractivity contribution is 9.09. The summed E-state index contributed by atoms with van der Waals surface area (Å²) in [5.41, 5.74) is 0. The van der Waals surface area contributed by atoms with Gasteiger partial charge in [0.1, 0.15) is 6.61 Å². The zero-order valence-corrected chi connectivity index (χ0v) is 6.92. The number of hydrogen-bond donors (Lipinski definition) is 0. The molecule has 1 unspecified atom stereocenters. The molecule has 0 spiro atoms. The molecule has 0 saturated carbocycles. The lowest BCUT2D eigenvalue weighted by molar-refractivity contribution is -0.297. The third-order valence-corrected chi connectivity index (χ3v) is 1.22. The summed E-state index contributed by atoms with van der Waals surface area (Å²) in [7, 11) is 0. The minimum atomic E-state index is -4.90. The Bertz CT molecular complexity index is 143. The smallest absolute Gasteiger partial charge is 0.308 e. The second-order valence-corrected chi connectivity index (χ2v) is 2.57. The summed E-state index contributed by atoms with van der Waals surface area (Å²) in [5, 5.41) is -2.95. The van der Waals surface area contributed by atoms with E-state index in [0.29, 0.717) is 0 Å². The van der Waals surface area contributed by atoms with E-state index in [9.17, 15) is 26.3 Å². The van der Waals surface area contributed by atoms with Crippen LogP contribution >= 0.6 is 15.9 Å². The first kappa shape index (κ1) is 12.0. The molecule has 0 N–H and O–H groups in total. The van der Waals surface area contributed by atoms with Gasteiger partial charge < -0.3 is 4.74 Å². The van der Waals surface area contributed by atoms with Gasteiger partial charge in [-0.1, -0.05) is 0 Å². The van der Waals surface area contributed by atoms with Crippen molar-refractivity contribution in [2.45, 2.75) is 17.4 Å². The molecule has 74 valence electrons. The summed E-state index contributed by atoms with van der Waals surface area (Å²) in [5.74, 6) is 0. The van der Waals surface area contributed by atoms with E-state index in [1.807, 2.05) is 0 Å². The van der Waals surface area contributed by atoms with Crippen LogP contribution in [0.5, 0.6) is 0 Å². The van der Waals surface area contributed by atoms with Crippen LogP contribution in [0.25, 0.3) is 0 Å². The van der Waals surface area contributed by atoms with Crippen molar-refractivity contribution in [2.75, 3.05) is 6.61 Å². The molecule has 0 heterocycles. The number of rotatable bonds is 3. The first-order valence-electron chi connectivity index (χ1n) is 2.52. The fourth-order valence-electron chi connectivity index (χ4n) is 0.241. The Morgan fingerprint density at radius 3 is 1.83 bits per heavy atom. The van der Waals surface area contributed by atoms with Crippen molar-refractivity contribution >= 4 is 15.9 Å². The van der Waals surface area contributed by atoms with Gasteiger partial charge in [-0.05, 0) is 15.9 Å². The zero-order valence-electron chi connectivity index (χ0n) is 5.34. The van der Waals surface area contributed by atoms with Crippen LogP contribution < -0.4 is 0 Å². The topological polar surface area (TPSA) is 9.23 Å². The second kappa shape index (κ2) is 3.82. The van der Waals surface area contributed by atoms with Crippen molar-refractivity contribution < 1.29 is 31.1 Å². The normalized spacial score (nSPS) is 16.2. The maximum absolute atomic E-state index is 11.9. The molecule has 8 heteroatoms. The summed E-state index contributed by atoms with van der Waals surface area (Å²) >= 11 is 1.75. The molecule has 0 aromatic rings. The molecule has 0 aliphatic carbocycles. The summed E-state index contributed by atoms with van der Waals surface area (Å²) in [4.78, 5) is 0. The lowest BCUT2D eigenvalue weighted by Gasteiger charge is -2.17. The van der Waals surface area contributed by atoms with E-state index < -0.39 is 24.0 Å². The maximum atomic E-state index is 11.9. The van der Waals surface area contributed by atoms with Gasteiger partial charge in [0.2, 0.25) is 5.08 Å². The predicted molar refractivity (Wildman–Crippen MR) is 30.8 cm³/mol. The van der Waals surface area contributed by atoms with Crippen LogP contribution in [0.4, 0.5) is 26.3 Å². The Balaban J connectivity index is 3.93. The van der Waals surface area contributed by atoms with Crippen LogP contribution in [0.3, 0.4) is 0 Å². The van der Waals surface area contributed by atoms with Crippen LogP contribution in [0.15, 0.2) is 0 Å². The molecule has 0 fully saturated rings. The van der Waals surface area contributed by atoms with E-state index in [1.165, 1.54) is 0 Å². The van der Waals surface area contributed by atoms with Gasteiger partial charge in [0, 0.05) is 0 Å². The molecule has 0 amide bonds. The molecule has 1 atom stereocenters. The SMILES string of the molecule is FC(Br)C(F)(F)OCC(F)(F)F. The Kier molecular flexibility index (Phi) is 3.83. The van der Waals surface area contributed by atoms with Crippen LogP contribution in [-0.2, 0) is 4.74 Å². The second-order valence-electron chi connectivity index (χ2n) is 1.77. The minimum Gasteiger partial charge on any atom is -0.308 e. The van der Waals surface area contributed by atoms with E-state index in [2.05, 4.69) is 4.74 Å². The molecule has 0 radical (unpaired) electrons. The van der Waals surface area contributed by atoms with Crippen molar-refractivity contribution in [2.24, 2.45) is 0 Å². The quantitative estimate of drug-likeness (QED) is 0.560. The van der Waals surface area contributed by atoms with Gasteiger partial charge in [-0.25, -0.2) is 4.39 Å². The van der Waals surface area contributed by atoms with Crippen LogP contribution in [0, 0.1) is 0 Å².